The Morgan fingerprint density at radius 1 is 1.21 bits per heavy atom. The molecule has 1 aliphatic heterocycles. The molecule has 1 amide bonds. The molecule has 0 unspecified atom stereocenters. The Bertz CT molecular complexity index is 1120. The van der Waals surface area contributed by atoms with Crippen LogP contribution in [-0.2, 0) is 13.0 Å². The Labute approximate surface area is 168 Å². The number of carbonyl (C=O) groups excluding carboxylic acids is 1. The van der Waals surface area contributed by atoms with Gasteiger partial charge in [-0.3, -0.25) is 14.6 Å². The number of hydrogen-bond donors (Lipinski definition) is 1. The van der Waals surface area contributed by atoms with Crippen LogP contribution in [0.3, 0.4) is 0 Å². The quantitative estimate of drug-likeness (QED) is 0.733. The largest absolute Gasteiger partial charge is 0.362 e. The Kier molecular flexibility index (Phi) is 4.84. The van der Waals surface area contributed by atoms with Crippen molar-refractivity contribution in [1.29, 1.82) is 0 Å². The molecule has 0 aromatic carbocycles. The van der Waals surface area contributed by atoms with E-state index in [4.69, 9.17) is 9.97 Å². The number of amides is 1. The Hall–Kier alpha value is -3.55. The molecule has 0 atom stereocenters. The number of nitrogens with one attached hydrogen (secondary N) is 1. The molecule has 0 spiro atoms. The summed E-state index contributed by atoms with van der Waals surface area (Å²) in [6, 6.07) is 7.07. The fraction of sp³-hybridized carbons (Fsp3) is 0.286. The van der Waals surface area contributed by atoms with Gasteiger partial charge in [0.25, 0.3) is 11.5 Å². The molecule has 8 heteroatoms. The molecule has 3 aromatic heterocycles. The zero-order valence-corrected chi connectivity index (χ0v) is 16.6. The van der Waals surface area contributed by atoms with Crippen molar-refractivity contribution >= 4 is 11.7 Å². The van der Waals surface area contributed by atoms with Gasteiger partial charge in [-0.05, 0) is 37.6 Å². The van der Waals surface area contributed by atoms with E-state index in [0.29, 0.717) is 25.3 Å². The fourth-order valence-corrected chi connectivity index (χ4v) is 3.49. The van der Waals surface area contributed by atoms with E-state index in [1.165, 1.54) is 0 Å². The van der Waals surface area contributed by atoms with Crippen molar-refractivity contribution in [2.24, 2.45) is 0 Å². The van der Waals surface area contributed by atoms with E-state index in [1.54, 1.807) is 36.4 Å². The molecule has 148 valence electrons. The van der Waals surface area contributed by atoms with Gasteiger partial charge >= 0.3 is 0 Å². The second kappa shape index (κ2) is 7.46. The minimum Gasteiger partial charge on any atom is -0.362 e. The maximum atomic E-state index is 13.0. The van der Waals surface area contributed by atoms with E-state index < -0.39 is 0 Å². The molecule has 8 nitrogen and oxygen atoms in total. The van der Waals surface area contributed by atoms with Crippen LogP contribution in [0.15, 0.2) is 41.5 Å². The van der Waals surface area contributed by atoms with Gasteiger partial charge in [0.2, 0.25) is 0 Å². The molecule has 0 bridgehead atoms. The summed E-state index contributed by atoms with van der Waals surface area (Å²) in [6.45, 7) is 2.63. The van der Waals surface area contributed by atoms with Crippen LogP contribution in [-0.4, -0.2) is 51.4 Å². The fourth-order valence-electron chi connectivity index (χ4n) is 3.49. The normalized spacial score (nSPS) is 13.1. The van der Waals surface area contributed by atoms with Crippen molar-refractivity contribution in [2.45, 2.75) is 19.9 Å². The Morgan fingerprint density at radius 2 is 2.03 bits per heavy atom. The Balaban J connectivity index is 1.72. The number of nitrogens with zero attached hydrogens (tertiary/aromatic N) is 5. The number of carbonyl (C=O) groups is 1. The van der Waals surface area contributed by atoms with E-state index in [-0.39, 0.29) is 17.0 Å². The summed E-state index contributed by atoms with van der Waals surface area (Å²) in [5.41, 5.74) is 3.15. The van der Waals surface area contributed by atoms with Gasteiger partial charge in [-0.2, -0.15) is 0 Å². The minimum absolute atomic E-state index is 0.147. The van der Waals surface area contributed by atoms with E-state index >= 15 is 0 Å². The van der Waals surface area contributed by atoms with Gasteiger partial charge in [0, 0.05) is 49.9 Å². The molecule has 0 saturated heterocycles. The molecule has 4 rings (SSSR count). The van der Waals surface area contributed by atoms with Crippen LogP contribution in [0.4, 0.5) is 5.82 Å². The number of rotatable bonds is 3. The maximum absolute atomic E-state index is 13.0. The van der Waals surface area contributed by atoms with Gasteiger partial charge in [0.1, 0.15) is 11.4 Å². The smallest absolute Gasteiger partial charge is 0.260 e. The second-order valence-corrected chi connectivity index (χ2v) is 7.29. The molecular weight excluding hydrogens is 368 g/mol. The van der Waals surface area contributed by atoms with Crippen molar-refractivity contribution in [3.05, 3.63) is 69.5 Å². The summed E-state index contributed by atoms with van der Waals surface area (Å²) in [5.74, 6) is 1.13. The summed E-state index contributed by atoms with van der Waals surface area (Å²) in [6.07, 6.45) is 4.05. The van der Waals surface area contributed by atoms with Crippen molar-refractivity contribution < 1.29 is 4.79 Å². The summed E-state index contributed by atoms with van der Waals surface area (Å²) < 4.78 is 0. The number of aryl methyl sites for hydroxylation is 1. The lowest BCUT2D eigenvalue weighted by molar-refractivity contribution is 0.0730. The zero-order chi connectivity index (χ0) is 20.5. The first-order chi connectivity index (χ1) is 13.9. The monoisotopic (exact) mass is 390 g/mol. The van der Waals surface area contributed by atoms with Crippen molar-refractivity contribution in [2.75, 3.05) is 25.5 Å². The molecule has 0 fully saturated rings. The molecule has 1 N–H and O–H groups in total. The van der Waals surface area contributed by atoms with Gasteiger partial charge in [-0.1, -0.05) is 0 Å². The first-order valence-corrected chi connectivity index (χ1v) is 9.40. The van der Waals surface area contributed by atoms with E-state index in [2.05, 4.69) is 9.97 Å². The lowest BCUT2D eigenvalue weighted by Crippen LogP contribution is -2.39. The number of pyridine rings is 2. The molecule has 0 saturated carbocycles. The van der Waals surface area contributed by atoms with Gasteiger partial charge in [-0.15, -0.1) is 0 Å². The molecule has 0 radical (unpaired) electrons. The van der Waals surface area contributed by atoms with Crippen LogP contribution in [0.1, 0.15) is 27.3 Å². The Morgan fingerprint density at radius 3 is 2.72 bits per heavy atom. The average molecular weight is 390 g/mol. The van der Waals surface area contributed by atoms with E-state index in [0.717, 1.165) is 28.3 Å². The van der Waals surface area contributed by atoms with Crippen LogP contribution in [0, 0.1) is 6.92 Å². The van der Waals surface area contributed by atoms with Crippen LogP contribution >= 0.6 is 0 Å². The predicted octanol–water partition coefficient (Wildman–Crippen LogP) is 1.80. The third kappa shape index (κ3) is 3.61. The third-order valence-electron chi connectivity index (χ3n) is 4.96. The second-order valence-electron chi connectivity index (χ2n) is 7.29. The molecule has 4 heterocycles. The number of aromatic nitrogens is 4. The summed E-state index contributed by atoms with van der Waals surface area (Å²) in [7, 11) is 3.89. The summed E-state index contributed by atoms with van der Waals surface area (Å²) in [4.78, 5) is 45.1. The van der Waals surface area contributed by atoms with Crippen molar-refractivity contribution in [3.8, 4) is 11.4 Å². The van der Waals surface area contributed by atoms with Crippen LogP contribution in [0.2, 0.25) is 0 Å². The molecular formula is C21H22N6O2. The summed E-state index contributed by atoms with van der Waals surface area (Å²) >= 11 is 0. The molecule has 1 aliphatic rings. The highest BCUT2D eigenvalue weighted by molar-refractivity contribution is 5.94. The first kappa shape index (κ1) is 18.8. The molecule has 0 aliphatic carbocycles. The lowest BCUT2D eigenvalue weighted by atomic mass is 10.0. The van der Waals surface area contributed by atoms with Gasteiger partial charge in [-0.25, -0.2) is 9.97 Å². The van der Waals surface area contributed by atoms with Crippen LogP contribution in [0.25, 0.3) is 11.4 Å². The first-order valence-electron chi connectivity index (χ1n) is 9.40. The SMILES string of the molecule is Cc1ccc(C(=O)N2CCc3c(nc(-c4cccnc4)nc3N(C)C)C2)c(=O)[nH]1. The summed E-state index contributed by atoms with van der Waals surface area (Å²) in [5, 5.41) is 0. The van der Waals surface area contributed by atoms with E-state index in [9.17, 15) is 9.59 Å². The number of fused-ring (bicyclic) bond motifs is 1. The van der Waals surface area contributed by atoms with Gasteiger partial charge < -0.3 is 14.8 Å². The molecule has 29 heavy (non-hydrogen) atoms. The number of aromatic amines is 1. The third-order valence-corrected chi connectivity index (χ3v) is 4.96. The number of H-pyrrole nitrogens is 1. The molecule has 3 aromatic rings. The van der Waals surface area contributed by atoms with Crippen LogP contribution in [0.5, 0.6) is 0 Å². The highest BCUT2D eigenvalue weighted by Gasteiger charge is 2.28. The number of anilines is 1. The lowest BCUT2D eigenvalue weighted by Gasteiger charge is -2.30. The van der Waals surface area contributed by atoms with Gasteiger partial charge in [0.15, 0.2) is 5.82 Å². The number of hydrogen-bond acceptors (Lipinski definition) is 6. The van der Waals surface area contributed by atoms with Crippen LogP contribution < -0.4 is 10.5 Å². The average Bonchev–Trinajstić information content (AvgIpc) is 2.72. The standard InChI is InChI=1S/C21H22N6O2/c1-13-6-7-16(20(28)23-13)21(29)27-10-8-15-17(12-27)24-18(25-19(15)26(2)3)14-5-4-9-22-11-14/h4-7,9,11H,8,10,12H2,1-3H3,(H,23,28). The highest BCUT2D eigenvalue weighted by atomic mass is 16.2. The topological polar surface area (TPSA) is 95.1 Å². The predicted molar refractivity (Wildman–Crippen MR) is 110 cm³/mol. The minimum atomic E-state index is -0.367. The van der Waals surface area contributed by atoms with Crippen molar-refractivity contribution in [1.82, 2.24) is 24.8 Å². The highest BCUT2D eigenvalue weighted by Crippen LogP contribution is 2.28. The maximum Gasteiger partial charge on any atom is 0.260 e. The zero-order valence-electron chi connectivity index (χ0n) is 16.6. The van der Waals surface area contributed by atoms with Gasteiger partial charge in [0.05, 0.1) is 12.2 Å². The van der Waals surface area contributed by atoms with Crippen molar-refractivity contribution in [3.63, 3.8) is 0 Å². The van der Waals surface area contributed by atoms with E-state index in [1.807, 2.05) is 31.1 Å².